The van der Waals surface area contributed by atoms with Crippen molar-refractivity contribution in [2.75, 3.05) is 5.32 Å². The summed E-state index contributed by atoms with van der Waals surface area (Å²) >= 11 is 7.06. The molecule has 0 saturated carbocycles. The van der Waals surface area contributed by atoms with Crippen LogP contribution in [0, 0.1) is 20.8 Å². The van der Waals surface area contributed by atoms with E-state index < -0.39 is 0 Å². The molecule has 2 aromatic heterocycles. The normalized spacial score (nSPS) is 11.0. The Hall–Kier alpha value is -2.71. The maximum Gasteiger partial charge on any atom is 0.256 e. The van der Waals surface area contributed by atoms with Crippen molar-refractivity contribution in [2.24, 2.45) is 0 Å². The quantitative estimate of drug-likeness (QED) is 0.322. The number of nitrogens with zero attached hydrogens (tertiary/aromatic N) is 4. The molecule has 0 saturated heterocycles. The first-order valence-electron chi connectivity index (χ1n) is 10.2. The number of rotatable bonds is 6. The van der Waals surface area contributed by atoms with Crippen molar-refractivity contribution in [3.63, 3.8) is 0 Å². The zero-order valence-corrected chi connectivity index (χ0v) is 21.2. The average molecular weight is 557 g/mol. The molecule has 2 heterocycles. The van der Waals surface area contributed by atoms with Gasteiger partial charge in [0.2, 0.25) is 0 Å². The average Bonchev–Trinajstić information content (AvgIpc) is 3.23. The summed E-state index contributed by atoms with van der Waals surface area (Å²) in [6.45, 7) is 7.27. The van der Waals surface area contributed by atoms with E-state index in [1.165, 1.54) is 5.56 Å². The van der Waals surface area contributed by atoms with Crippen LogP contribution in [0.15, 0.2) is 63.7 Å². The van der Waals surface area contributed by atoms with Crippen molar-refractivity contribution >= 4 is 43.6 Å². The Morgan fingerprint density at radius 3 is 2.41 bits per heavy atom. The van der Waals surface area contributed by atoms with Crippen molar-refractivity contribution < 1.29 is 4.79 Å². The van der Waals surface area contributed by atoms with E-state index in [-0.39, 0.29) is 5.91 Å². The predicted molar refractivity (Wildman–Crippen MR) is 133 cm³/mol. The minimum atomic E-state index is -0.206. The number of amides is 1. The molecule has 0 unspecified atom stereocenters. The summed E-state index contributed by atoms with van der Waals surface area (Å²) in [5.74, 6) is 0.290. The summed E-state index contributed by atoms with van der Waals surface area (Å²) in [7, 11) is 0. The van der Waals surface area contributed by atoms with Gasteiger partial charge >= 0.3 is 0 Å². The van der Waals surface area contributed by atoms with Crippen LogP contribution in [0.25, 0.3) is 0 Å². The zero-order valence-electron chi connectivity index (χ0n) is 18.1. The molecule has 0 aliphatic heterocycles. The fourth-order valence-electron chi connectivity index (χ4n) is 3.44. The van der Waals surface area contributed by atoms with Crippen LogP contribution in [-0.4, -0.2) is 25.5 Å². The predicted octanol–water partition coefficient (Wildman–Crippen LogP) is 5.88. The number of aromatic nitrogens is 4. The first-order chi connectivity index (χ1) is 15.3. The Kier molecular flexibility index (Phi) is 6.62. The number of anilines is 1. The highest BCUT2D eigenvalue weighted by atomic mass is 79.9. The van der Waals surface area contributed by atoms with Gasteiger partial charge < -0.3 is 5.32 Å². The summed E-state index contributed by atoms with van der Waals surface area (Å²) in [6.07, 6.45) is 1.87. The SMILES string of the molecule is Cc1ccc(Cn2cc(Br)c(NC(=O)c3cccc(Cn4nc(C)c(Br)c4C)c3)n2)cc1. The van der Waals surface area contributed by atoms with E-state index in [1.54, 1.807) is 6.07 Å². The lowest BCUT2D eigenvalue weighted by Gasteiger charge is -2.08. The van der Waals surface area contributed by atoms with E-state index in [0.29, 0.717) is 24.5 Å². The molecule has 0 fully saturated rings. The van der Waals surface area contributed by atoms with Crippen LogP contribution in [0.2, 0.25) is 0 Å². The molecule has 0 radical (unpaired) electrons. The van der Waals surface area contributed by atoms with Crippen LogP contribution in [-0.2, 0) is 13.1 Å². The largest absolute Gasteiger partial charge is 0.304 e. The van der Waals surface area contributed by atoms with Crippen LogP contribution in [0.5, 0.6) is 0 Å². The van der Waals surface area contributed by atoms with E-state index in [0.717, 1.165) is 31.5 Å². The molecule has 164 valence electrons. The van der Waals surface area contributed by atoms with Crippen molar-refractivity contribution in [2.45, 2.75) is 33.9 Å². The van der Waals surface area contributed by atoms with Gasteiger partial charge in [-0.25, -0.2) is 0 Å². The van der Waals surface area contributed by atoms with Crippen molar-refractivity contribution in [3.8, 4) is 0 Å². The zero-order chi connectivity index (χ0) is 22.8. The number of nitrogens with one attached hydrogen (secondary N) is 1. The van der Waals surface area contributed by atoms with Crippen LogP contribution in [0.1, 0.15) is 38.4 Å². The van der Waals surface area contributed by atoms with E-state index in [4.69, 9.17) is 0 Å². The van der Waals surface area contributed by atoms with Gasteiger partial charge in [0.1, 0.15) is 0 Å². The van der Waals surface area contributed by atoms with Crippen LogP contribution >= 0.6 is 31.9 Å². The van der Waals surface area contributed by atoms with E-state index in [2.05, 4.69) is 78.6 Å². The maximum absolute atomic E-state index is 12.9. The second kappa shape index (κ2) is 9.42. The highest BCUT2D eigenvalue weighted by molar-refractivity contribution is 9.11. The lowest BCUT2D eigenvalue weighted by molar-refractivity contribution is 0.102. The molecule has 0 atom stereocenters. The van der Waals surface area contributed by atoms with Gasteiger partial charge in [0.15, 0.2) is 5.82 Å². The van der Waals surface area contributed by atoms with Gasteiger partial charge in [-0.05, 0) is 75.9 Å². The monoisotopic (exact) mass is 555 g/mol. The first-order valence-corrected chi connectivity index (χ1v) is 11.8. The highest BCUT2D eigenvalue weighted by Gasteiger charge is 2.14. The van der Waals surface area contributed by atoms with Gasteiger partial charge in [-0.3, -0.25) is 14.2 Å². The fourth-order valence-corrected chi connectivity index (χ4v) is 4.13. The lowest BCUT2D eigenvalue weighted by Crippen LogP contribution is -2.14. The van der Waals surface area contributed by atoms with Crippen molar-refractivity contribution in [3.05, 3.63) is 97.3 Å². The molecular formula is C24H23Br2N5O. The van der Waals surface area contributed by atoms with E-state index in [1.807, 2.05) is 47.6 Å². The molecule has 1 amide bonds. The molecule has 4 aromatic rings. The molecular weight excluding hydrogens is 534 g/mol. The molecule has 0 spiro atoms. The Balaban J connectivity index is 1.47. The third kappa shape index (κ3) is 5.02. The summed E-state index contributed by atoms with van der Waals surface area (Å²) in [4.78, 5) is 12.9. The Bertz CT molecular complexity index is 1270. The first kappa shape index (κ1) is 22.5. The molecule has 1 N–H and O–H groups in total. The summed E-state index contributed by atoms with van der Waals surface area (Å²) < 4.78 is 5.49. The smallest absolute Gasteiger partial charge is 0.256 e. The number of benzene rings is 2. The number of carbonyl (C=O) groups is 1. The molecule has 0 bridgehead atoms. The van der Waals surface area contributed by atoms with E-state index >= 15 is 0 Å². The number of carbonyl (C=O) groups excluding carboxylic acids is 1. The van der Waals surface area contributed by atoms with Crippen LogP contribution in [0.3, 0.4) is 0 Å². The molecule has 0 aliphatic rings. The van der Waals surface area contributed by atoms with Gasteiger partial charge in [-0.15, -0.1) is 0 Å². The van der Waals surface area contributed by atoms with Gasteiger partial charge in [0.25, 0.3) is 5.91 Å². The highest BCUT2D eigenvalue weighted by Crippen LogP contribution is 2.23. The minimum Gasteiger partial charge on any atom is -0.304 e. The fraction of sp³-hybridized carbons (Fsp3) is 0.208. The third-order valence-electron chi connectivity index (χ3n) is 5.23. The number of hydrogen-bond acceptors (Lipinski definition) is 3. The van der Waals surface area contributed by atoms with Gasteiger partial charge in [0.05, 0.1) is 33.4 Å². The minimum absolute atomic E-state index is 0.206. The van der Waals surface area contributed by atoms with Crippen molar-refractivity contribution in [1.82, 2.24) is 19.6 Å². The van der Waals surface area contributed by atoms with Crippen LogP contribution < -0.4 is 5.32 Å². The Labute approximate surface area is 203 Å². The second-order valence-corrected chi connectivity index (χ2v) is 9.45. The molecule has 32 heavy (non-hydrogen) atoms. The Morgan fingerprint density at radius 1 is 0.969 bits per heavy atom. The molecule has 0 aliphatic carbocycles. The van der Waals surface area contributed by atoms with Gasteiger partial charge in [-0.1, -0.05) is 42.0 Å². The molecule has 4 rings (SSSR count). The van der Waals surface area contributed by atoms with Crippen molar-refractivity contribution in [1.29, 1.82) is 0 Å². The van der Waals surface area contributed by atoms with E-state index in [9.17, 15) is 4.79 Å². The number of hydrogen-bond donors (Lipinski definition) is 1. The maximum atomic E-state index is 12.9. The summed E-state index contributed by atoms with van der Waals surface area (Å²) in [5.41, 5.74) is 5.94. The standard InChI is InChI=1S/C24H23Br2N5O/c1-15-7-9-18(10-8-15)12-30-14-21(25)23(29-30)27-24(32)20-6-4-5-19(11-20)13-31-17(3)22(26)16(2)28-31/h4-11,14H,12-13H2,1-3H3,(H,27,29,32). The summed E-state index contributed by atoms with van der Waals surface area (Å²) in [5, 5.41) is 12.0. The Morgan fingerprint density at radius 2 is 1.72 bits per heavy atom. The topological polar surface area (TPSA) is 64.7 Å². The lowest BCUT2D eigenvalue weighted by atomic mass is 10.1. The molecule has 8 heteroatoms. The summed E-state index contributed by atoms with van der Waals surface area (Å²) in [6, 6.07) is 15.9. The third-order valence-corrected chi connectivity index (χ3v) is 6.96. The second-order valence-electron chi connectivity index (χ2n) is 7.81. The van der Waals surface area contributed by atoms with Gasteiger partial charge in [0, 0.05) is 11.8 Å². The number of halogens is 2. The molecule has 6 nitrogen and oxygen atoms in total. The molecule has 2 aromatic carbocycles. The number of aryl methyl sites for hydroxylation is 2. The van der Waals surface area contributed by atoms with Crippen LogP contribution in [0.4, 0.5) is 5.82 Å². The van der Waals surface area contributed by atoms with Gasteiger partial charge in [-0.2, -0.15) is 10.2 Å².